The third kappa shape index (κ3) is 2.46. The fourth-order valence-corrected chi connectivity index (χ4v) is 1.62. The number of nitrogens with two attached hydrogens (primary N) is 1. The summed E-state index contributed by atoms with van der Waals surface area (Å²) in [6, 6.07) is 1.40. The van der Waals surface area contributed by atoms with Crippen LogP contribution >= 0.6 is 15.9 Å². The normalized spacial score (nSPS) is 10.3. The van der Waals surface area contributed by atoms with Crippen molar-refractivity contribution in [2.45, 2.75) is 6.54 Å². The lowest BCUT2D eigenvalue weighted by atomic mass is 10.3. The molecule has 0 bridgehead atoms. The highest BCUT2D eigenvalue weighted by Gasteiger charge is 2.12. The molecule has 0 unspecified atom stereocenters. The van der Waals surface area contributed by atoms with Crippen LogP contribution in [0.3, 0.4) is 0 Å². The van der Waals surface area contributed by atoms with Crippen molar-refractivity contribution in [3.63, 3.8) is 0 Å². The third-order valence-corrected chi connectivity index (χ3v) is 2.65. The van der Waals surface area contributed by atoms with Gasteiger partial charge in [-0.05, 0) is 15.9 Å². The molecule has 0 aliphatic carbocycles. The zero-order valence-corrected chi connectivity index (χ0v) is 10.5. The first-order valence-electron chi connectivity index (χ1n) is 4.78. The predicted octanol–water partition coefficient (Wildman–Crippen LogP) is -0.354. The molecule has 2 aromatic rings. The van der Waals surface area contributed by atoms with Crippen LogP contribution in [0.4, 0.5) is 0 Å². The average Bonchev–Trinajstić information content (AvgIpc) is 2.82. The van der Waals surface area contributed by atoms with E-state index in [0.29, 0.717) is 10.2 Å². The minimum absolute atomic E-state index is 0.0449. The quantitative estimate of drug-likeness (QED) is 0.454. The van der Waals surface area contributed by atoms with Gasteiger partial charge in [0.1, 0.15) is 4.47 Å². The molecule has 2 aromatic heterocycles. The molecule has 0 saturated carbocycles. The summed E-state index contributed by atoms with van der Waals surface area (Å²) in [7, 11) is 0. The van der Waals surface area contributed by atoms with Crippen LogP contribution < -0.4 is 16.8 Å². The number of nitrogen functional groups attached to an aromatic ring is 1. The molecule has 8 nitrogen and oxygen atoms in total. The summed E-state index contributed by atoms with van der Waals surface area (Å²) in [4.78, 5) is 26.7. The number of aromatic nitrogens is 3. The van der Waals surface area contributed by atoms with Gasteiger partial charge < -0.3 is 4.52 Å². The van der Waals surface area contributed by atoms with Gasteiger partial charge in [0.05, 0.1) is 12.9 Å². The molecule has 3 N–H and O–H groups in total. The Kier molecular flexibility index (Phi) is 3.53. The number of carbonyl (C=O) groups excluding carboxylic acids is 1. The van der Waals surface area contributed by atoms with Crippen molar-refractivity contribution < 1.29 is 9.32 Å². The summed E-state index contributed by atoms with van der Waals surface area (Å²) in [6.07, 6.45) is 2.75. The van der Waals surface area contributed by atoms with Gasteiger partial charge in [-0.2, -0.15) is 0 Å². The van der Waals surface area contributed by atoms with Crippen molar-refractivity contribution in [3.8, 4) is 0 Å². The van der Waals surface area contributed by atoms with Gasteiger partial charge in [-0.1, -0.05) is 5.16 Å². The largest absolute Gasteiger partial charge is 0.359 e. The van der Waals surface area contributed by atoms with Crippen LogP contribution in [-0.4, -0.2) is 20.6 Å². The molecule has 18 heavy (non-hydrogen) atoms. The second-order valence-corrected chi connectivity index (χ2v) is 4.18. The van der Waals surface area contributed by atoms with E-state index in [-0.39, 0.29) is 17.8 Å². The summed E-state index contributed by atoms with van der Waals surface area (Å²) in [6.45, 7) is 0.121. The standard InChI is InChI=1S/C9H8BrN5O3/c10-6-2-12-4-15(9(6)17)3-5-1-7(14-18-5)8(16)13-11/h1-2,4H,3,11H2,(H,13,16). The number of amides is 1. The first kappa shape index (κ1) is 12.5. The summed E-state index contributed by atoms with van der Waals surface area (Å²) in [5.41, 5.74) is 1.72. The molecule has 94 valence electrons. The second-order valence-electron chi connectivity index (χ2n) is 3.33. The molecular formula is C9H8BrN5O3. The molecule has 0 saturated heterocycles. The molecular weight excluding hydrogens is 306 g/mol. The Labute approximate surface area is 109 Å². The van der Waals surface area contributed by atoms with Crippen molar-refractivity contribution >= 4 is 21.8 Å². The highest BCUT2D eigenvalue weighted by atomic mass is 79.9. The Morgan fingerprint density at radius 3 is 3.11 bits per heavy atom. The number of hydrogen-bond donors (Lipinski definition) is 2. The maximum atomic E-state index is 11.7. The Bertz CT molecular complexity index is 635. The molecule has 9 heteroatoms. The first-order chi connectivity index (χ1) is 8.61. The van der Waals surface area contributed by atoms with Gasteiger partial charge in [-0.15, -0.1) is 0 Å². The number of hydrazine groups is 1. The fourth-order valence-electron chi connectivity index (χ4n) is 1.27. The molecule has 0 aliphatic rings. The molecule has 0 fully saturated rings. The molecule has 0 aliphatic heterocycles. The highest BCUT2D eigenvalue weighted by Crippen LogP contribution is 2.05. The van der Waals surface area contributed by atoms with Crippen LogP contribution in [0.5, 0.6) is 0 Å². The zero-order chi connectivity index (χ0) is 13.1. The average molecular weight is 314 g/mol. The van der Waals surface area contributed by atoms with Crippen LogP contribution in [0.1, 0.15) is 16.2 Å². The van der Waals surface area contributed by atoms with Gasteiger partial charge in [0.25, 0.3) is 11.5 Å². The molecule has 0 atom stereocenters. The van der Waals surface area contributed by atoms with E-state index in [2.05, 4.69) is 26.1 Å². The second kappa shape index (κ2) is 5.10. The topological polar surface area (TPSA) is 116 Å². The number of carbonyl (C=O) groups is 1. The lowest BCUT2D eigenvalue weighted by molar-refractivity contribution is 0.0944. The minimum Gasteiger partial charge on any atom is -0.359 e. The molecule has 0 spiro atoms. The van der Waals surface area contributed by atoms with E-state index in [4.69, 9.17) is 10.4 Å². The van der Waals surface area contributed by atoms with Crippen molar-refractivity contribution in [3.05, 3.63) is 44.9 Å². The number of halogens is 1. The molecule has 0 aromatic carbocycles. The van der Waals surface area contributed by atoms with Gasteiger partial charge in [-0.3, -0.25) is 19.6 Å². The maximum absolute atomic E-state index is 11.7. The number of nitrogens with zero attached hydrogens (tertiary/aromatic N) is 3. The first-order valence-corrected chi connectivity index (χ1v) is 5.57. The lowest BCUT2D eigenvalue weighted by Gasteiger charge is -2.00. The van der Waals surface area contributed by atoms with Crippen LogP contribution in [-0.2, 0) is 6.54 Å². The van der Waals surface area contributed by atoms with E-state index >= 15 is 0 Å². The summed E-state index contributed by atoms with van der Waals surface area (Å²) >= 11 is 3.08. The van der Waals surface area contributed by atoms with Gasteiger partial charge >= 0.3 is 0 Å². The number of hydrogen-bond acceptors (Lipinski definition) is 6. The molecule has 1 amide bonds. The predicted molar refractivity (Wildman–Crippen MR) is 63.5 cm³/mol. The summed E-state index contributed by atoms with van der Waals surface area (Å²) in [5, 5.41) is 3.52. The van der Waals surface area contributed by atoms with Crippen LogP contribution in [0.25, 0.3) is 0 Å². The van der Waals surface area contributed by atoms with E-state index in [9.17, 15) is 9.59 Å². The van der Waals surface area contributed by atoms with E-state index in [1.807, 2.05) is 5.43 Å². The van der Waals surface area contributed by atoms with Crippen LogP contribution in [0, 0.1) is 0 Å². The van der Waals surface area contributed by atoms with Gasteiger partial charge in [-0.25, -0.2) is 10.8 Å². The Morgan fingerprint density at radius 1 is 1.61 bits per heavy atom. The molecule has 2 heterocycles. The van der Waals surface area contributed by atoms with Gasteiger partial charge in [0.2, 0.25) is 0 Å². The summed E-state index contributed by atoms with van der Waals surface area (Å²) in [5.74, 6) is 4.74. The van der Waals surface area contributed by atoms with Gasteiger partial charge in [0, 0.05) is 12.3 Å². The SMILES string of the molecule is NNC(=O)c1cc(Cn2cncc(Br)c2=O)on1. The Hall–Kier alpha value is -2.00. The Balaban J connectivity index is 2.24. The molecule has 0 radical (unpaired) electrons. The van der Waals surface area contributed by atoms with Crippen LogP contribution in [0.2, 0.25) is 0 Å². The lowest BCUT2D eigenvalue weighted by Crippen LogP contribution is -2.30. The van der Waals surface area contributed by atoms with Crippen molar-refractivity contribution in [2.75, 3.05) is 0 Å². The van der Waals surface area contributed by atoms with E-state index in [0.717, 1.165) is 0 Å². The minimum atomic E-state index is -0.565. The van der Waals surface area contributed by atoms with Gasteiger partial charge in [0.15, 0.2) is 11.5 Å². The summed E-state index contributed by atoms with van der Waals surface area (Å²) < 4.78 is 6.57. The number of rotatable bonds is 3. The number of nitrogens with one attached hydrogen (secondary N) is 1. The maximum Gasteiger partial charge on any atom is 0.287 e. The van der Waals surface area contributed by atoms with Crippen molar-refractivity contribution in [2.24, 2.45) is 5.84 Å². The van der Waals surface area contributed by atoms with E-state index in [1.165, 1.54) is 23.2 Å². The zero-order valence-electron chi connectivity index (χ0n) is 8.96. The Morgan fingerprint density at radius 2 is 2.39 bits per heavy atom. The smallest absolute Gasteiger partial charge is 0.287 e. The van der Waals surface area contributed by atoms with Crippen molar-refractivity contribution in [1.29, 1.82) is 0 Å². The van der Waals surface area contributed by atoms with E-state index < -0.39 is 5.91 Å². The molecule has 2 rings (SSSR count). The van der Waals surface area contributed by atoms with Crippen LogP contribution in [0.15, 0.2) is 32.4 Å². The third-order valence-electron chi connectivity index (χ3n) is 2.11. The monoisotopic (exact) mass is 313 g/mol. The van der Waals surface area contributed by atoms with Crippen molar-refractivity contribution in [1.82, 2.24) is 20.1 Å². The fraction of sp³-hybridized carbons (Fsp3) is 0.111. The highest BCUT2D eigenvalue weighted by molar-refractivity contribution is 9.10. The van der Waals surface area contributed by atoms with E-state index in [1.54, 1.807) is 0 Å².